The average Bonchev–Trinajstić information content (AvgIpc) is 2.48. The highest BCUT2D eigenvalue weighted by molar-refractivity contribution is 6.42. The van der Waals surface area contributed by atoms with Gasteiger partial charge in [0.1, 0.15) is 0 Å². The Kier molecular flexibility index (Phi) is 5.79. The number of benzene rings is 2. The first-order valence-electron chi connectivity index (χ1n) is 6.76. The lowest BCUT2D eigenvalue weighted by atomic mass is 10.2. The van der Waals surface area contributed by atoms with Crippen molar-refractivity contribution in [3.05, 3.63) is 64.1 Å². The van der Waals surface area contributed by atoms with Gasteiger partial charge in [0.25, 0.3) is 0 Å². The third-order valence-electron chi connectivity index (χ3n) is 2.82. The molecule has 0 saturated heterocycles. The summed E-state index contributed by atoms with van der Waals surface area (Å²) in [6, 6.07) is 12.0. The minimum absolute atomic E-state index is 0.173. The van der Waals surface area contributed by atoms with Gasteiger partial charge in [-0.1, -0.05) is 35.3 Å². The second-order valence-electron chi connectivity index (χ2n) is 4.76. The number of amides is 2. The molecule has 2 aromatic carbocycles. The summed E-state index contributed by atoms with van der Waals surface area (Å²) in [5.74, 6) is -0.468. The summed E-state index contributed by atoms with van der Waals surface area (Å²) in [5, 5.41) is 6.26. The highest BCUT2D eigenvalue weighted by atomic mass is 35.5. The molecule has 118 valence electrons. The SMILES string of the molecule is CC(=O)Nc1cccc(NC(=O)/C=C/c2ccc(Cl)c(Cl)c2)c1. The molecule has 0 aromatic heterocycles. The number of hydrogen-bond acceptors (Lipinski definition) is 2. The molecule has 6 heteroatoms. The zero-order valence-electron chi connectivity index (χ0n) is 12.3. The zero-order chi connectivity index (χ0) is 16.8. The minimum atomic E-state index is -0.295. The first kappa shape index (κ1) is 17.1. The van der Waals surface area contributed by atoms with Crippen molar-refractivity contribution in [3.8, 4) is 0 Å². The van der Waals surface area contributed by atoms with Crippen molar-refractivity contribution in [2.45, 2.75) is 6.92 Å². The van der Waals surface area contributed by atoms with Gasteiger partial charge in [0.2, 0.25) is 11.8 Å². The molecule has 23 heavy (non-hydrogen) atoms. The maximum atomic E-state index is 11.9. The van der Waals surface area contributed by atoms with Crippen LogP contribution in [0.5, 0.6) is 0 Å². The summed E-state index contributed by atoms with van der Waals surface area (Å²) in [6.45, 7) is 1.42. The lowest BCUT2D eigenvalue weighted by molar-refractivity contribution is -0.114. The first-order chi connectivity index (χ1) is 10.9. The van der Waals surface area contributed by atoms with Crippen LogP contribution in [0.25, 0.3) is 6.08 Å². The molecule has 0 spiro atoms. The van der Waals surface area contributed by atoms with E-state index in [1.165, 1.54) is 13.0 Å². The molecule has 0 bridgehead atoms. The largest absolute Gasteiger partial charge is 0.326 e. The van der Waals surface area contributed by atoms with E-state index >= 15 is 0 Å². The van der Waals surface area contributed by atoms with Crippen molar-refractivity contribution in [2.24, 2.45) is 0 Å². The van der Waals surface area contributed by atoms with Crippen LogP contribution in [0, 0.1) is 0 Å². The number of carbonyl (C=O) groups is 2. The van der Waals surface area contributed by atoms with E-state index in [1.807, 2.05) is 0 Å². The average molecular weight is 349 g/mol. The maximum absolute atomic E-state index is 11.9. The van der Waals surface area contributed by atoms with E-state index in [4.69, 9.17) is 23.2 Å². The minimum Gasteiger partial charge on any atom is -0.326 e. The Morgan fingerprint density at radius 2 is 1.65 bits per heavy atom. The standard InChI is InChI=1S/C17H14Cl2N2O2/c1-11(22)20-13-3-2-4-14(10-13)21-17(23)8-6-12-5-7-15(18)16(19)9-12/h2-10H,1H3,(H,20,22)(H,21,23)/b8-6+. The monoisotopic (exact) mass is 348 g/mol. The molecule has 0 aliphatic carbocycles. The molecule has 2 aromatic rings. The van der Waals surface area contributed by atoms with E-state index in [0.29, 0.717) is 21.4 Å². The molecule has 0 heterocycles. The highest BCUT2D eigenvalue weighted by Crippen LogP contribution is 2.23. The van der Waals surface area contributed by atoms with Gasteiger partial charge < -0.3 is 10.6 Å². The Morgan fingerprint density at radius 3 is 2.30 bits per heavy atom. The smallest absolute Gasteiger partial charge is 0.248 e. The van der Waals surface area contributed by atoms with Crippen molar-refractivity contribution in [3.63, 3.8) is 0 Å². The molecule has 0 atom stereocenters. The number of hydrogen-bond donors (Lipinski definition) is 2. The number of carbonyl (C=O) groups excluding carboxylic acids is 2. The van der Waals surface area contributed by atoms with Gasteiger partial charge in [0.05, 0.1) is 10.0 Å². The third kappa shape index (κ3) is 5.43. The van der Waals surface area contributed by atoms with Crippen LogP contribution < -0.4 is 10.6 Å². The summed E-state index contributed by atoms with van der Waals surface area (Å²) < 4.78 is 0. The fourth-order valence-electron chi connectivity index (χ4n) is 1.85. The molecule has 0 fully saturated rings. The van der Waals surface area contributed by atoms with Crippen molar-refractivity contribution in [1.82, 2.24) is 0 Å². The van der Waals surface area contributed by atoms with Crippen molar-refractivity contribution < 1.29 is 9.59 Å². The fourth-order valence-corrected chi connectivity index (χ4v) is 2.16. The molecular formula is C17H14Cl2N2O2. The summed E-state index contributed by atoms with van der Waals surface area (Å²) in [5.41, 5.74) is 1.96. The van der Waals surface area contributed by atoms with Gasteiger partial charge in [-0.3, -0.25) is 9.59 Å². The number of rotatable bonds is 4. The second-order valence-corrected chi connectivity index (χ2v) is 5.57. The normalized spacial score (nSPS) is 10.6. The number of nitrogens with one attached hydrogen (secondary N) is 2. The fraction of sp³-hybridized carbons (Fsp3) is 0.0588. The van der Waals surface area contributed by atoms with Crippen LogP contribution in [0.2, 0.25) is 10.0 Å². The molecule has 0 radical (unpaired) electrons. The van der Waals surface area contributed by atoms with Crippen LogP contribution in [-0.2, 0) is 9.59 Å². The molecule has 0 aliphatic heterocycles. The number of anilines is 2. The molecule has 2 amide bonds. The van der Waals surface area contributed by atoms with Gasteiger partial charge in [0, 0.05) is 24.4 Å². The van der Waals surface area contributed by atoms with Crippen LogP contribution in [0.3, 0.4) is 0 Å². The van der Waals surface area contributed by atoms with Crippen LogP contribution in [0.4, 0.5) is 11.4 Å². The van der Waals surface area contributed by atoms with E-state index in [2.05, 4.69) is 10.6 Å². The lowest BCUT2D eigenvalue weighted by Crippen LogP contribution is -2.09. The Bertz CT molecular complexity index is 773. The summed E-state index contributed by atoms with van der Waals surface area (Å²) in [6.07, 6.45) is 3.03. The Labute approximate surface area is 144 Å². The highest BCUT2D eigenvalue weighted by Gasteiger charge is 2.01. The summed E-state index contributed by atoms with van der Waals surface area (Å²) >= 11 is 11.8. The van der Waals surface area contributed by atoms with Crippen molar-refractivity contribution >= 4 is 52.5 Å². The second kappa shape index (κ2) is 7.81. The van der Waals surface area contributed by atoms with E-state index in [-0.39, 0.29) is 11.8 Å². The van der Waals surface area contributed by atoms with E-state index in [9.17, 15) is 9.59 Å². The van der Waals surface area contributed by atoms with Crippen LogP contribution in [0.15, 0.2) is 48.5 Å². The Hall–Kier alpha value is -2.30. The van der Waals surface area contributed by atoms with Gasteiger partial charge in [-0.15, -0.1) is 0 Å². The number of halogens is 2. The summed E-state index contributed by atoms with van der Waals surface area (Å²) in [4.78, 5) is 23.0. The van der Waals surface area contributed by atoms with E-state index < -0.39 is 0 Å². The lowest BCUT2D eigenvalue weighted by Gasteiger charge is -2.06. The molecule has 2 N–H and O–H groups in total. The first-order valence-corrected chi connectivity index (χ1v) is 7.51. The molecule has 2 rings (SSSR count). The predicted molar refractivity (Wildman–Crippen MR) is 94.9 cm³/mol. The van der Waals surface area contributed by atoms with Crippen LogP contribution >= 0.6 is 23.2 Å². The summed E-state index contributed by atoms with van der Waals surface area (Å²) in [7, 11) is 0. The van der Waals surface area contributed by atoms with Gasteiger partial charge in [-0.2, -0.15) is 0 Å². The molecule has 0 unspecified atom stereocenters. The topological polar surface area (TPSA) is 58.2 Å². The third-order valence-corrected chi connectivity index (χ3v) is 3.56. The van der Waals surface area contributed by atoms with Crippen molar-refractivity contribution in [1.29, 1.82) is 0 Å². The Morgan fingerprint density at radius 1 is 0.957 bits per heavy atom. The molecular weight excluding hydrogens is 335 g/mol. The molecule has 0 saturated carbocycles. The van der Waals surface area contributed by atoms with Gasteiger partial charge >= 0.3 is 0 Å². The molecule has 0 aliphatic rings. The van der Waals surface area contributed by atoms with Crippen molar-refractivity contribution in [2.75, 3.05) is 10.6 Å². The van der Waals surface area contributed by atoms with Gasteiger partial charge in [0.15, 0.2) is 0 Å². The maximum Gasteiger partial charge on any atom is 0.248 e. The zero-order valence-corrected chi connectivity index (χ0v) is 13.8. The van der Waals surface area contributed by atoms with Crippen LogP contribution in [0.1, 0.15) is 12.5 Å². The van der Waals surface area contributed by atoms with Gasteiger partial charge in [-0.05, 0) is 42.0 Å². The van der Waals surface area contributed by atoms with Gasteiger partial charge in [-0.25, -0.2) is 0 Å². The molecule has 4 nitrogen and oxygen atoms in total. The quantitative estimate of drug-likeness (QED) is 0.793. The van der Waals surface area contributed by atoms with E-state index in [0.717, 1.165) is 5.56 Å². The van der Waals surface area contributed by atoms with E-state index in [1.54, 1.807) is 48.5 Å². The van der Waals surface area contributed by atoms with Crippen LogP contribution in [-0.4, -0.2) is 11.8 Å². The predicted octanol–water partition coefficient (Wildman–Crippen LogP) is 4.60. The Balaban J connectivity index is 2.02.